The van der Waals surface area contributed by atoms with Gasteiger partial charge in [-0.1, -0.05) is 33.6 Å². The van der Waals surface area contributed by atoms with E-state index in [1.165, 1.54) is 0 Å². The van der Waals surface area contributed by atoms with Crippen molar-refractivity contribution in [3.05, 3.63) is 57.6 Å². The average molecular weight is 370 g/mol. The van der Waals surface area contributed by atoms with Crippen molar-refractivity contribution in [2.75, 3.05) is 13.7 Å². The van der Waals surface area contributed by atoms with Crippen LogP contribution in [0.5, 0.6) is 11.5 Å². The Kier molecular flexibility index (Phi) is 5.54. The normalized spacial score (nSPS) is 12.0. The molecule has 2 aromatic rings. The number of hydrogen-bond acceptors (Lipinski definition) is 2. The molecule has 112 valence electrons. The third-order valence-corrected chi connectivity index (χ3v) is 4.17. The second kappa shape index (κ2) is 7.19. The summed E-state index contributed by atoms with van der Waals surface area (Å²) in [6.45, 7) is 4.60. The van der Waals surface area contributed by atoms with Gasteiger partial charge in [-0.15, -0.1) is 11.6 Å². The van der Waals surface area contributed by atoms with E-state index in [0.717, 1.165) is 32.7 Å². The van der Waals surface area contributed by atoms with Crippen LogP contribution < -0.4 is 9.47 Å². The Morgan fingerprint density at radius 3 is 2.43 bits per heavy atom. The molecule has 0 spiro atoms. The van der Waals surface area contributed by atoms with E-state index in [9.17, 15) is 0 Å². The molecular weight excluding hydrogens is 352 g/mol. The van der Waals surface area contributed by atoms with Gasteiger partial charge in [0, 0.05) is 15.6 Å². The van der Waals surface area contributed by atoms with Crippen molar-refractivity contribution in [1.82, 2.24) is 0 Å². The summed E-state index contributed by atoms with van der Waals surface area (Å²) in [4.78, 5) is 0. The van der Waals surface area contributed by atoms with Crippen LogP contribution in [0.3, 0.4) is 0 Å². The molecule has 1 unspecified atom stereocenters. The maximum Gasteiger partial charge on any atom is 0.124 e. The third-order valence-electron chi connectivity index (χ3n) is 3.20. The molecule has 2 nitrogen and oxygen atoms in total. The zero-order valence-corrected chi connectivity index (χ0v) is 14.7. The summed E-state index contributed by atoms with van der Waals surface area (Å²) in [6.07, 6.45) is 0. The number of methoxy groups -OCH3 is 1. The van der Waals surface area contributed by atoms with E-state index in [2.05, 4.69) is 15.9 Å². The monoisotopic (exact) mass is 368 g/mol. The van der Waals surface area contributed by atoms with Crippen LogP contribution in [0, 0.1) is 6.92 Å². The molecular formula is C17H18BrClO2. The van der Waals surface area contributed by atoms with E-state index in [0.29, 0.717) is 6.61 Å². The summed E-state index contributed by atoms with van der Waals surface area (Å²) < 4.78 is 12.1. The molecule has 0 amide bonds. The highest BCUT2D eigenvalue weighted by molar-refractivity contribution is 9.10. The van der Waals surface area contributed by atoms with Crippen molar-refractivity contribution < 1.29 is 9.47 Å². The minimum atomic E-state index is -0.334. The molecule has 2 aromatic carbocycles. The van der Waals surface area contributed by atoms with E-state index in [4.69, 9.17) is 21.1 Å². The third kappa shape index (κ3) is 3.72. The lowest BCUT2D eigenvalue weighted by Gasteiger charge is -2.18. The molecule has 0 heterocycles. The van der Waals surface area contributed by atoms with Gasteiger partial charge in [0.05, 0.1) is 19.1 Å². The summed E-state index contributed by atoms with van der Waals surface area (Å²) in [5.41, 5.74) is 3.01. The fourth-order valence-electron chi connectivity index (χ4n) is 2.22. The molecule has 0 N–H and O–H groups in total. The van der Waals surface area contributed by atoms with Gasteiger partial charge in [-0.2, -0.15) is 0 Å². The first-order chi connectivity index (χ1) is 10.1. The maximum atomic E-state index is 6.72. The molecule has 1 atom stereocenters. The minimum Gasteiger partial charge on any atom is -0.496 e. The lowest BCUT2D eigenvalue weighted by Crippen LogP contribution is -2.02. The largest absolute Gasteiger partial charge is 0.496 e. The zero-order chi connectivity index (χ0) is 15.4. The Morgan fingerprint density at radius 1 is 1.10 bits per heavy atom. The van der Waals surface area contributed by atoms with Gasteiger partial charge in [0.15, 0.2) is 0 Å². The lowest BCUT2D eigenvalue weighted by molar-refractivity contribution is 0.336. The van der Waals surface area contributed by atoms with E-state index in [-0.39, 0.29) is 5.38 Å². The van der Waals surface area contributed by atoms with E-state index in [1.54, 1.807) is 7.11 Å². The van der Waals surface area contributed by atoms with Crippen LogP contribution in [0.15, 0.2) is 40.9 Å². The topological polar surface area (TPSA) is 18.5 Å². The highest BCUT2D eigenvalue weighted by Crippen LogP contribution is 2.40. The summed E-state index contributed by atoms with van der Waals surface area (Å²) in [5, 5.41) is -0.334. The summed E-state index contributed by atoms with van der Waals surface area (Å²) >= 11 is 10.2. The van der Waals surface area contributed by atoms with Gasteiger partial charge in [0.1, 0.15) is 11.5 Å². The number of halogens is 2. The second-order valence-corrected chi connectivity index (χ2v) is 6.08. The summed E-state index contributed by atoms with van der Waals surface area (Å²) in [5.74, 6) is 1.58. The van der Waals surface area contributed by atoms with Crippen molar-refractivity contribution in [2.24, 2.45) is 0 Å². The Balaban J connectivity index is 2.51. The predicted molar refractivity (Wildman–Crippen MR) is 90.7 cm³/mol. The predicted octanol–water partition coefficient (Wildman–Crippen LogP) is 5.49. The van der Waals surface area contributed by atoms with Crippen molar-refractivity contribution in [2.45, 2.75) is 19.2 Å². The fourth-order valence-corrected chi connectivity index (χ4v) is 2.94. The number of rotatable bonds is 5. The smallest absolute Gasteiger partial charge is 0.124 e. The van der Waals surface area contributed by atoms with E-state index < -0.39 is 0 Å². The van der Waals surface area contributed by atoms with Crippen LogP contribution in [0.25, 0.3) is 0 Å². The average Bonchev–Trinajstić information content (AvgIpc) is 2.48. The summed E-state index contributed by atoms with van der Waals surface area (Å²) in [7, 11) is 1.65. The minimum absolute atomic E-state index is 0.334. The second-order valence-electron chi connectivity index (χ2n) is 4.72. The standard InChI is InChI=1S/C17H18BrClO2/c1-4-21-16-8-6-12(18)10-14(16)17(19)13-9-11(2)5-7-15(13)20-3/h5-10,17H,4H2,1-3H3. The Bertz CT molecular complexity index is 628. The Morgan fingerprint density at radius 2 is 1.76 bits per heavy atom. The van der Waals surface area contributed by atoms with Gasteiger partial charge in [-0.05, 0) is 38.1 Å². The van der Waals surface area contributed by atoms with Gasteiger partial charge in [0.2, 0.25) is 0 Å². The molecule has 0 aliphatic heterocycles. The summed E-state index contributed by atoms with van der Waals surface area (Å²) in [6, 6.07) is 11.9. The number of aryl methyl sites for hydroxylation is 1. The van der Waals surface area contributed by atoms with Crippen molar-refractivity contribution in [3.63, 3.8) is 0 Å². The van der Waals surface area contributed by atoms with Crippen LogP contribution in [-0.4, -0.2) is 13.7 Å². The van der Waals surface area contributed by atoms with Gasteiger partial charge in [-0.25, -0.2) is 0 Å². The van der Waals surface area contributed by atoms with Gasteiger partial charge in [0.25, 0.3) is 0 Å². The molecule has 0 aromatic heterocycles. The molecule has 0 saturated heterocycles. The highest BCUT2D eigenvalue weighted by atomic mass is 79.9. The van der Waals surface area contributed by atoms with Gasteiger partial charge in [-0.3, -0.25) is 0 Å². The number of alkyl halides is 1. The first-order valence-electron chi connectivity index (χ1n) is 6.77. The lowest BCUT2D eigenvalue weighted by atomic mass is 10.0. The van der Waals surface area contributed by atoms with Crippen LogP contribution >= 0.6 is 27.5 Å². The van der Waals surface area contributed by atoms with Crippen LogP contribution in [0.1, 0.15) is 29.0 Å². The molecule has 0 bridgehead atoms. The Hall–Kier alpha value is -1.19. The highest BCUT2D eigenvalue weighted by Gasteiger charge is 2.20. The molecule has 0 saturated carbocycles. The number of ether oxygens (including phenoxy) is 2. The van der Waals surface area contributed by atoms with Crippen molar-refractivity contribution in [3.8, 4) is 11.5 Å². The quantitative estimate of drug-likeness (QED) is 0.648. The SMILES string of the molecule is CCOc1ccc(Br)cc1C(Cl)c1cc(C)ccc1OC. The van der Waals surface area contributed by atoms with Crippen LogP contribution in [0.2, 0.25) is 0 Å². The fraction of sp³-hybridized carbons (Fsp3) is 0.294. The van der Waals surface area contributed by atoms with Crippen LogP contribution in [-0.2, 0) is 0 Å². The Labute approximate surface area is 139 Å². The molecule has 0 aliphatic carbocycles. The van der Waals surface area contributed by atoms with Gasteiger partial charge >= 0.3 is 0 Å². The van der Waals surface area contributed by atoms with Crippen LogP contribution in [0.4, 0.5) is 0 Å². The van der Waals surface area contributed by atoms with Crippen molar-refractivity contribution in [1.29, 1.82) is 0 Å². The molecule has 0 aliphatic rings. The van der Waals surface area contributed by atoms with E-state index in [1.807, 2.05) is 50.2 Å². The first-order valence-corrected chi connectivity index (χ1v) is 8.00. The van der Waals surface area contributed by atoms with Gasteiger partial charge < -0.3 is 9.47 Å². The number of benzene rings is 2. The van der Waals surface area contributed by atoms with Crippen molar-refractivity contribution >= 4 is 27.5 Å². The molecule has 0 fully saturated rings. The van der Waals surface area contributed by atoms with E-state index >= 15 is 0 Å². The molecule has 4 heteroatoms. The molecule has 21 heavy (non-hydrogen) atoms. The molecule has 2 rings (SSSR count). The molecule has 0 radical (unpaired) electrons. The maximum absolute atomic E-state index is 6.72. The first kappa shape index (κ1) is 16.2. The zero-order valence-electron chi connectivity index (χ0n) is 12.3. The number of hydrogen-bond donors (Lipinski definition) is 0.